The Morgan fingerprint density at radius 1 is 1.32 bits per heavy atom. The zero-order chi connectivity index (χ0) is 14.3. The molecule has 108 valence electrons. The third kappa shape index (κ3) is 6.00. The van der Waals surface area contributed by atoms with Gasteiger partial charge in [-0.1, -0.05) is 37.0 Å². The van der Waals surface area contributed by atoms with Crippen LogP contribution in [0.5, 0.6) is 5.75 Å². The predicted molar refractivity (Wildman–Crippen MR) is 80.2 cm³/mol. The Balaban J connectivity index is 2.74. The van der Waals surface area contributed by atoms with Crippen molar-refractivity contribution in [1.82, 2.24) is 5.32 Å². The third-order valence-electron chi connectivity index (χ3n) is 2.50. The van der Waals surface area contributed by atoms with E-state index in [1.165, 1.54) is 0 Å². The molecule has 0 aliphatic carbocycles. The van der Waals surface area contributed by atoms with Gasteiger partial charge < -0.3 is 15.2 Å². The Hall–Kier alpha value is -0.480. The van der Waals surface area contributed by atoms with Gasteiger partial charge in [0.05, 0.1) is 11.6 Å². The molecule has 0 saturated carbocycles. The lowest BCUT2D eigenvalue weighted by molar-refractivity contribution is 0.232. The highest BCUT2D eigenvalue weighted by molar-refractivity contribution is 6.35. The minimum absolute atomic E-state index is 0.103. The van der Waals surface area contributed by atoms with Crippen molar-refractivity contribution in [2.24, 2.45) is 5.92 Å². The van der Waals surface area contributed by atoms with Gasteiger partial charge in [-0.15, -0.1) is 0 Å². The first-order valence-corrected chi connectivity index (χ1v) is 7.22. The lowest BCUT2D eigenvalue weighted by Crippen LogP contribution is -2.19. The van der Waals surface area contributed by atoms with E-state index in [4.69, 9.17) is 33.0 Å². The molecule has 0 saturated heterocycles. The molecule has 0 heterocycles. The molecule has 0 atom stereocenters. The van der Waals surface area contributed by atoms with Crippen LogP contribution in [0.3, 0.4) is 0 Å². The van der Waals surface area contributed by atoms with Crippen molar-refractivity contribution in [1.29, 1.82) is 0 Å². The maximum absolute atomic E-state index is 8.78. The molecule has 3 nitrogen and oxygen atoms in total. The van der Waals surface area contributed by atoms with E-state index >= 15 is 0 Å². The standard InChI is InChI=1S/C14H21Cl2NO2/c1-10(2)8-17-9-11-6-12(15)7-13(16)14(11)19-5-3-4-18/h6-7,10,17-18H,3-5,8-9H2,1-2H3. The molecule has 2 N–H and O–H groups in total. The molecule has 5 heteroatoms. The summed E-state index contributed by atoms with van der Waals surface area (Å²) in [5, 5.41) is 13.2. The fraction of sp³-hybridized carbons (Fsp3) is 0.571. The molecule has 0 bridgehead atoms. The molecule has 0 radical (unpaired) electrons. The van der Waals surface area contributed by atoms with Crippen LogP contribution in [0.1, 0.15) is 25.8 Å². The van der Waals surface area contributed by atoms with E-state index in [0.29, 0.717) is 41.3 Å². The van der Waals surface area contributed by atoms with Crippen molar-refractivity contribution in [3.63, 3.8) is 0 Å². The lowest BCUT2D eigenvalue weighted by atomic mass is 10.1. The maximum Gasteiger partial charge on any atom is 0.142 e. The molecule has 0 unspecified atom stereocenters. The average Bonchev–Trinajstić information content (AvgIpc) is 2.32. The number of rotatable bonds is 8. The van der Waals surface area contributed by atoms with E-state index < -0.39 is 0 Å². The number of halogens is 2. The Morgan fingerprint density at radius 3 is 2.68 bits per heavy atom. The first kappa shape index (κ1) is 16.6. The van der Waals surface area contributed by atoms with Crippen LogP contribution >= 0.6 is 23.2 Å². The number of ether oxygens (including phenoxy) is 1. The first-order chi connectivity index (χ1) is 9.04. The number of benzene rings is 1. The van der Waals surface area contributed by atoms with Gasteiger partial charge in [-0.2, -0.15) is 0 Å². The van der Waals surface area contributed by atoms with E-state index in [2.05, 4.69) is 19.2 Å². The second kappa shape index (κ2) is 8.64. The highest BCUT2D eigenvalue weighted by Gasteiger charge is 2.10. The van der Waals surface area contributed by atoms with Crippen LogP contribution in [-0.2, 0) is 6.54 Å². The van der Waals surface area contributed by atoms with Gasteiger partial charge in [-0.25, -0.2) is 0 Å². The minimum atomic E-state index is 0.103. The van der Waals surface area contributed by atoms with Crippen molar-refractivity contribution < 1.29 is 9.84 Å². The van der Waals surface area contributed by atoms with Gasteiger partial charge in [0.2, 0.25) is 0 Å². The predicted octanol–water partition coefficient (Wildman–Crippen LogP) is 3.50. The van der Waals surface area contributed by atoms with E-state index in [1.807, 2.05) is 6.07 Å². The summed E-state index contributed by atoms with van der Waals surface area (Å²) >= 11 is 12.2. The van der Waals surface area contributed by atoms with Crippen LogP contribution in [0, 0.1) is 5.92 Å². The Morgan fingerprint density at radius 2 is 2.05 bits per heavy atom. The number of hydrogen-bond donors (Lipinski definition) is 2. The molecule has 0 spiro atoms. The highest BCUT2D eigenvalue weighted by atomic mass is 35.5. The topological polar surface area (TPSA) is 41.5 Å². The van der Waals surface area contributed by atoms with Crippen molar-refractivity contribution in [2.45, 2.75) is 26.8 Å². The van der Waals surface area contributed by atoms with Gasteiger partial charge in [0, 0.05) is 30.2 Å². The Kier molecular flexibility index (Phi) is 7.54. The molecule has 1 aromatic carbocycles. The second-order valence-corrected chi connectivity index (χ2v) is 5.67. The molecule has 1 aromatic rings. The second-order valence-electron chi connectivity index (χ2n) is 4.83. The zero-order valence-corrected chi connectivity index (χ0v) is 12.9. The normalized spacial score (nSPS) is 11.1. The van der Waals surface area contributed by atoms with E-state index in [-0.39, 0.29) is 6.61 Å². The molecule has 0 fully saturated rings. The maximum atomic E-state index is 8.78. The van der Waals surface area contributed by atoms with Gasteiger partial charge >= 0.3 is 0 Å². The fourth-order valence-electron chi connectivity index (χ4n) is 1.64. The van der Waals surface area contributed by atoms with Crippen LogP contribution in [0.2, 0.25) is 10.0 Å². The number of aliphatic hydroxyl groups excluding tert-OH is 1. The van der Waals surface area contributed by atoms with Crippen molar-refractivity contribution in [3.05, 3.63) is 27.7 Å². The summed E-state index contributed by atoms with van der Waals surface area (Å²) in [7, 11) is 0. The van der Waals surface area contributed by atoms with Gasteiger partial charge in [0.1, 0.15) is 5.75 Å². The Labute approximate surface area is 124 Å². The van der Waals surface area contributed by atoms with Crippen LogP contribution in [0.15, 0.2) is 12.1 Å². The summed E-state index contributed by atoms with van der Waals surface area (Å²) in [5.74, 6) is 1.23. The first-order valence-electron chi connectivity index (χ1n) is 6.47. The summed E-state index contributed by atoms with van der Waals surface area (Å²) < 4.78 is 5.63. The SMILES string of the molecule is CC(C)CNCc1cc(Cl)cc(Cl)c1OCCCO. The van der Waals surface area contributed by atoms with Crippen molar-refractivity contribution >= 4 is 23.2 Å². The number of aliphatic hydroxyl groups is 1. The van der Waals surface area contributed by atoms with E-state index in [9.17, 15) is 0 Å². The van der Waals surface area contributed by atoms with Crippen LogP contribution in [0.4, 0.5) is 0 Å². The summed E-state index contributed by atoms with van der Waals surface area (Å²) in [6.45, 7) is 6.42. The third-order valence-corrected chi connectivity index (χ3v) is 3.00. The number of hydrogen-bond acceptors (Lipinski definition) is 3. The zero-order valence-electron chi connectivity index (χ0n) is 11.4. The summed E-state index contributed by atoms with van der Waals surface area (Å²) in [4.78, 5) is 0. The van der Waals surface area contributed by atoms with Crippen LogP contribution in [-0.4, -0.2) is 24.9 Å². The van der Waals surface area contributed by atoms with Crippen molar-refractivity contribution in [3.8, 4) is 5.75 Å². The molecular weight excluding hydrogens is 285 g/mol. The quantitative estimate of drug-likeness (QED) is 0.722. The van der Waals surface area contributed by atoms with Gasteiger partial charge in [0.15, 0.2) is 0 Å². The minimum Gasteiger partial charge on any atom is -0.492 e. The highest BCUT2D eigenvalue weighted by Crippen LogP contribution is 2.32. The molecule has 0 aliphatic heterocycles. The van der Waals surface area contributed by atoms with Crippen LogP contribution < -0.4 is 10.1 Å². The van der Waals surface area contributed by atoms with Gasteiger partial charge in [-0.3, -0.25) is 0 Å². The van der Waals surface area contributed by atoms with Gasteiger partial charge in [0.25, 0.3) is 0 Å². The van der Waals surface area contributed by atoms with Crippen molar-refractivity contribution in [2.75, 3.05) is 19.8 Å². The van der Waals surface area contributed by atoms with Crippen LogP contribution in [0.25, 0.3) is 0 Å². The van der Waals surface area contributed by atoms with E-state index in [0.717, 1.165) is 12.1 Å². The number of nitrogens with one attached hydrogen (secondary N) is 1. The van der Waals surface area contributed by atoms with Gasteiger partial charge in [-0.05, 0) is 24.6 Å². The smallest absolute Gasteiger partial charge is 0.142 e. The fourth-order valence-corrected chi connectivity index (χ4v) is 2.23. The molecule has 0 aromatic heterocycles. The summed E-state index contributed by atoms with van der Waals surface area (Å²) in [6, 6.07) is 3.53. The average molecular weight is 306 g/mol. The lowest BCUT2D eigenvalue weighted by Gasteiger charge is -2.15. The molecule has 1 rings (SSSR count). The monoisotopic (exact) mass is 305 g/mol. The molecule has 19 heavy (non-hydrogen) atoms. The Bertz CT molecular complexity index is 397. The summed E-state index contributed by atoms with van der Waals surface area (Å²) in [5.41, 5.74) is 0.941. The summed E-state index contributed by atoms with van der Waals surface area (Å²) in [6.07, 6.45) is 0.581. The molecule has 0 aliphatic rings. The molecule has 0 amide bonds. The molecular formula is C14H21Cl2NO2. The van der Waals surface area contributed by atoms with E-state index in [1.54, 1.807) is 6.07 Å². The largest absolute Gasteiger partial charge is 0.492 e.